The van der Waals surface area contributed by atoms with Gasteiger partial charge in [-0.15, -0.1) is 0 Å². The van der Waals surface area contributed by atoms with E-state index >= 15 is 0 Å². The molecule has 3 heteroatoms. The van der Waals surface area contributed by atoms with Gasteiger partial charge in [0.25, 0.3) is 0 Å². The summed E-state index contributed by atoms with van der Waals surface area (Å²) in [6, 6.07) is 20.7. The summed E-state index contributed by atoms with van der Waals surface area (Å²) in [5.41, 5.74) is 9.72. The lowest BCUT2D eigenvalue weighted by Crippen LogP contribution is -1.96. The number of nitrogens with zero attached hydrogens (tertiary/aromatic N) is 2. The van der Waals surface area contributed by atoms with Crippen molar-refractivity contribution in [3.63, 3.8) is 0 Å². The maximum atomic E-state index is 5.85. The minimum atomic E-state index is 0.741. The Morgan fingerprint density at radius 3 is 2.57 bits per heavy atom. The van der Waals surface area contributed by atoms with Gasteiger partial charge < -0.3 is 5.73 Å². The number of hydrogen-bond acceptors (Lipinski definition) is 2. The third-order valence-corrected chi connectivity index (χ3v) is 3.84. The predicted octanol–water partition coefficient (Wildman–Crippen LogP) is 4.07. The molecule has 102 valence electrons. The van der Waals surface area contributed by atoms with E-state index in [1.807, 2.05) is 25.1 Å². The summed E-state index contributed by atoms with van der Waals surface area (Å²) in [4.78, 5) is 4.61. The van der Waals surface area contributed by atoms with Crippen LogP contribution < -0.4 is 5.73 Å². The molecule has 0 amide bonds. The average Bonchev–Trinajstić information content (AvgIpc) is 2.81. The van der Waals surface area contributed by atoms with Gasteiger partial charge in [-0.1, -0.05) is 30.3 Å². The van der Waals surface area contributed by atoms with Gasteiger partial charge in [0, 0.05) is 11.4 Å². The van der Waals surface area contributed by atoms with Crippen molar-refractivity contribution in [1.29, 1.82) is 0 Å². The number of aromatic nitrogens is 2. The minimum absolute atomic E-state index is 0.741. The monoisotopic (exact) mass is 273 g/mol. The van der Waals surface area contributed by atoms with Gasteiger partial charge in [-0.25, -0.2) is 4.98 Å². The zero-order valence-corrected chi connectivity index (χ0v) is 11.7. The van der Waals surface area contributed by atoms with E-state index in [2.05, 4.69) is 52.0 Å². The highest BCUT2D eigenvalue weighted by Gasteiger charge is 2.09. The lowest BCUT2D eigenvalue weighted by molar-refractivity contribution is 1.00. The van der Waals surface area contributed by atoms with E-state index in [9.17, 15) is 0 Å². The van der Waals surface area contributed by atoms with Crippen LogP contribution in [-0.2, 0) is 0 Å². The summed E-state index contributed by atoms with van der Waals surface area (Å²) < 4.78 is 2.17. The van der Waals surface area contributed by atoms with Crippen LogP contribution in [0.1, 0.15) is 5.82 Å². The second-order valence-electron chi connectivity index (χ2n) is 5.27. The second kappa shape index (κ2) is 4.35. The number of benzene rings is 3. The summed E-state index contributed by atoms with van der Waals surface area (Å²) in [7, 11) is 0. The van der Waals surface area contributed by atoms with Crippen LogP contribution in [-0.4, -0.2) is 9.55 Å². The highest BCUT2D eigenvalue weighted by Crippen LogP contribution is 2.25. The smallest absolute Gasteiger partial charge is 0.111 e. The van der Waals surface area contributed by atoms with Crippen molar-refractivity contribution in [2.45, 2.75) is 6.92 Å². The van der Waals surface area contributed by atoms with Crippen LogP contribution in [0.5, 0.6) is 0 Å². The Hall–Kier alpha value is -2.81. The molecule has 0 saturated heterocycles. The van der Waals surface area contributed by atoms with Gasteiger partial charge >= 0.3 is 0 Å². The van der Waals surface area contributed by atoms with Gasteiger partial charge in [-0.05, 0) is 48.0 Å². The van der Waals surface area contributed by atoms with Gasteiger partial charge in [-0.2, -0.15) is 0 Å². The Labute approximate surface area is 122 Å². The summed E-state index contributed by atoms with van der Waals surface area (Å²) in [6.07, 6.45) is 0. The van der Waals surface area contributed by atoms with Crippen LogP contribution in [0.4, 0.5) is 5.69 Å². The van der Waals surface area contributed by atoms with Crippen LogP contribution in [0, 0.1) is 6.92 Å². The van der Waals surface area contributed by atoms with E-state index in [-0.39, 0.29) is 0 Å². The molecule has 4 rings (SSSR count). The highest BCUT2D eigenvalue weighted by molar-refractivity contribution is 5.86. The molecule has 2 N–H and O–H groups in total. The summed E-state index contributed by atoms with van der Waals surface area (Å²) >= 11 is 0. The average molecular weight is 273 g/mol. The lowest BCUT2D eigenvalue weighted by Gasteiger charge is -2.08. The Bertz CT molecular complexity index is 967. The predicted molar refractivity (Wildman–Crippen MR) is 87.7 cm³/mol. The SMILES string of the molecule is Cc1nc2cc(N)ccc2n1-c1ccc2ccccc2c1. The summed E-state index contributed by atoms with van der Waals surface area (Å²) in [5, 5.41) is 2.47. The molecule has 0 spiro atoms. The fourth-order valence-electron chi connectivity index (χ4n) is 2.86. The van der Waals surface area contributed by atoms with Gasteiger partial charge in [0.1, 0.15) is 5.82 Å². The number of nitrogen functional groups attached to an aromatic ring is 1. The molecule has 0 atom stereocenters. The minimum Gasteiger partial charge on any atom is -0.399 e. The number of aryl methyl sites for hydroxylation is 1. The number of anilines is 1. The van der Waals surface area contributed by atoms with Gasteiger partial charge in [-0.3, -0.25) is 4.57 Å². The van der Waals surface area contributed by atoms with Crippen LogP contribution >= 0.6 is 0 Å². The van der Waals surface area contributed by atoms with E-state index < -0.39 is 0 Å². The van der Waals surface area contributed by atoms with Crippen molar-refractivity contribution >= 4 is 27.5 Å². The normalized spacial score (nSPS) is 11.3. The summed E-state index contributed by atoms with van der Waals surface area (Å²) in [6.45, 7) is 2.02. The largest absolute Gasteiger partial charge is 0.399 e. The number of rotatable bonds is 1. The molecule has 0 radical (unpaired) electrons. The molecule has 3 aromatic carbocycles. The van der Waals surface area contributed by atoms with Crippen molar-refractivity contribution in [2.24, 2.45) is 0 Å². The first-order chi connectivity index (χ1) is 10.2. The molecule has 1 heterocycles. The van der Waals surface area contributed by atoms with Crippen LogP contribution in [0.2, 0.25) is 0 Å². The van der Waals surface area contributed by atoms with Gasteiger partial charge in [0.15, 0.2) is 0 Å². The zero-order valence-electron chi connectivity index (χ0n) is 11.7. The quantitative estimate of drug-likeness (QED) is 0.531. The van der Waals surface area contributed by atoms with E-state index in [0.29, 0.717) is 0 Å². The van der Waals surface area contributed by atoms with Crippen molar-refractivity contribution < 1.29 is 0 Å². The van der Waals surface area contributed by atoms with E-state index in [0.717, 1.165) is 28.2 Å². The maximum absolute atomic E-state index is 5.85. The Morgan fingerprint density at radius 1 is 0.905 bits per heavy atom. The van der Waals surface area contributed by atoms with E-state index in [4.69, 9.17) is 5.73 Å². The first-order valence-electron chi connectivity index (χ1n) is 6.96. The highest BCUT2D eigenvalue weighted by atomic mass is 15.1. The molecule has 0 aliphatic carbocycles. The Kier molecular flexibility index (Phi) is 2.48. The molecule has 0 fully saturated rings. The molecule has 4 aromatic rings. The fourth-order valence-corrected chi connectivity index (χ4v) is 2.86. The fraction of sp³-hybridized carbons (Fsp3) is 0.0556. The van der Waals surface area contributed by atoms with Crippen molar-refractivity contribution in [3.05, 3.63) is 66.5 Å². The van der Waals surface area contributed by atoms with E-state index in [1.165, 1.54) is 10.8 Å². The molecule has 1 aromatic heterocycles. The number of nitrogens with two attached hydrogens (primary N) is 1. The maximum Gasteiger partial charge on any atom is 0.111 e. The van der Waals surface area contributed by atoms with Crippen molar-refractivity contribution in [2.75, 3.05) is 5.73 Å². The topological polar surface area (TPSA) is 43.8 Å². The molecule has 3 nitrogen and oxygen atoms in total. The molecule has 0 saturated carbocycles. The van der Waals surface area contributed by atoms with Crippen molar-refractivity contribution in [1.82, 2.24) is 9.55 Å². The standard InChI is InChI=1S/C18H15N3/c1-12-20-17-11-15(19)7-9-18(17)21(12)16-8-6-13-4-2-3-5-14(13)10-16/h2-11H,19H2,1H3. The molecular formula is C18H15N3. The second-order valence-corrected chi connectivity index (χ2v) is 5.27. The summed E-state index contributed by atoms with van der Waals surface area (Å²) in [5.74, 6) is 0.964. The first kappa shape index (κ1) is 12.0. The molecule has 0 unspecified atom stereocenters. The number of hydrogen-bond donors (Lipinski definition) is 1. The number of imidazole rings is 1. The van der Waals surface area contributed by atoms with Gasteiger partial charge in [0.05, 0.1) is 11.0 Å². The van der Waals surface area contributed by atoms with Crippen LogP contribution in [0.15, 0.2) is 60.7 Å². The molecule has 0 bridgehead atoms. The van der Waals surface area contributed by atoms with Crippen LogP contribution in [0.25, 0.3) is 27.5 Å². The van der Waals surface area contributed by atoms with E-state index in [1.54, 1.807) is 0 Å². The molecule has 0 aliphatic rings. The lowest BCUT2D eigenvalue weighted by atomic mass is 10.1. The molecular weight excluding hydrogens is 258 g/mol. The van der Waals surface area contributed by atoms with Gasteiger partial charge in [0.2, 0.25) is 0 Å². The first-order valence-corrected chi connectivity index (χ1v) is 6.96. The van der Waals surface area contributed by atoms with Crippen molar-refractivity contribution in [3.8, 4) is 5.69 Å². The Balaban J connectivity index is 2.01. The third kappa shape index (κ3) is 1.86. The molecule has 0 aliphatic heterocycles. The number of fused-ring (bicyclic) bond motifs is 2. The molecule has 21 heavy (non-hydrogen) atoms. The zero-order chi connectivity index (χ0) is 14.4. The van der Waals surface area contributed by atoms with Crippen LogP contribution in [0.3, 0.4) is 0 Å². The Morgan fingerprint density at radius 2 is 1.71 bits per heavy atom. The third-order valence-electron chi connectivity index (χ3n) is 3.84.